The second kappa shape index (κ2) is 5.98. The predicted octanol–water partition coefficient (Wildman–Crippen LogP) is 2.29. The number of nitrogens with one attached hydrogen (secondary N) is 1. The van der Waals surface area contributed by atoms with Gasteiger partial charge in [-0.1, -0.05) is 12.1 Å². The van der Waals surface area contributed by atoms with Gasteiger partial charge in [0.05, 0.1) is 23.2 Å². The van der Waals surface area contributed by atoms with Crippen LogP contribution in [0.5, 0.6) is 0 Å². The van der Waals surface area contributed by atoms with Crippen LogP contribution < -0.4 is 5.32 Å². The highest BCUT2D eigenvalue weighted by molar-refractivity contribution is 7.91. The van der Waals surface area contributed by atoms with Crippen LogP contribution in [0.3, 0.4) is 0 Å². The van der Waals surface area contributed by atoms with Crippen molar-refractivity contribution in [3.8, 4) is 0 Å². The van der Waals surface area contributed by atoms with Crippen LogP contribution in [-0.2, 0) is 22.7 Å². The molecule has 2 heterocycles. The summed E-state index contributed by atoms with van der Waals surface area (Å²) in [6.07, 6.45) is 3.19. The average Bonchev–Trinajstić information content (AvgIpc) is 3.20. The highest BCUT2D eigenvalue weighted by atomic mass is 32.2. The van der Waals surface area contributed by atoms with Crippen molar-refractivity contribution in [2.75, 3.05) is 16.8 Å². The lowest BCUT2D eigenvalue weighted by Crippen LogP contribution is -2.23. The van der Waals surface area contributed by atoms with Crippen LogP contribution in [0.15, 0.2) is 24.3 Å². The Hall–Kier alpha value is -2.15. The minimum atomic E-state index is -3.04. The zero-order valence-corrected chi connectivity index (χ0v) is 15.0. The number of amides is 1. The molecule has 0 radical (unpaired) electrons. The van der Waals surface area contributed by atoms with Crippen molar-refractivity contribution in [2.45, 2.75) is 38.6 Å². The number of benzene rings is 1. The monoisotopic (exact) mass is 359 g/mol. The van der Waals surface area contributed by atoms with Gasteiger partial charge < -0.3 is 5.32 Å². The van der Waals surface area contributed by atoms with Crippen molar-refractivity contribution >= 4 is 21.4 Å². The van der Waals surface area contributed by atoms with Gasteiger partial charge in [-0.2, -0.15) is 5.10 Å². The molecular weight excluding hydrogens is 338 g/mol. The van der Waals surface area contributed by atoms with Crippen LogP contribution in [0, 0.1) is 6.92 Å². The van der Waals surface area contributed by atoms with Gasteiger partial charge in [-0.3, -0.25) is 9.48 Å². The summed E-state index contributed by atoms with van der Waals surface area (Å²) in [7, 11) is -3.04. The molecule has 132 valence electrons. The average molecular weight is 359 g/mol. The second-order valence-electron chi connectivity index (χ2n) is 6.95. The summed E-state index contributed by atoms with van der Waals surface area (Å²) in [6, 6.07) is 7.40. The number of anilines is 1. The first-order chi connectivity index (χ1) is 11.9. The molecule has 0 spiro atoms. The molecule has 1 unspecified atom stereocenters. The van der Waals surface area contributed by atoms with Gasteiger partial charge in [-0.05, 0) is 50.3 Å². The Labute approximate surface area is 147 Å². The Bertz CT molecular complexity index is 946. The van der Waals surface area contributed by atoms with E-state index in [1.807, 2.05) is 31.2 Å². The molecule has 1 fully saturated rings. The molecule has 1 atom stereocenters. The van der Waals surface area contributed by atoms with E-state index in [4.69, 9.17) is 0 Å². The highest BCUT2D eigenvalue weighted by Crippen LogP contribution is 2.31. The van der Waals surface area contributed by atoms with Crippen LogP contribution in [0.1, 0.15) is 46.2 Å². The van der Waals surface area contributed by atoms with Gasteiger partial charge in [0, 0.05) is 11.3 Å². The first-order valence-electron chi connectivity index (χ1n) is 8.62. The van der Waals surface area contributed by atoms with Crippen LogP contribution in [0.2, 0.25) is 0 Å². The zero-order valence-electron chi connectivity index (χ0n) is 14.2. The maximum atomic E-state index is 13.0. The van der Waals surface area contributed by atoms with E-state index in [1.165, 1.54) is 0 Å². The van der Waals surface area contributed by atoms with Gasteiger partial charge >= 0.3 is 0 Å². The van der Waals surface area contributed by atoms with Crippen molar-refractivity contribution in [2.24, 2.45) is 0 Å². The summed E-state index contributed by atoms with van der Waals surface area (Å²) in [6.45, 7) is 1.97. The van der Waals surface area contributed by atoms with Gasteiger partial charge in [-0.15, -0.1) is 0 Å². The van der Waals surface area contributed by atoms with Crippen LogP contribution in [0.25, 0.3) is 0 Å². The minimum absolute atomic E-state index is 0.0677. The summed E-state index contributed by atoms with van der Waals surface area (Å²) >= 11 is 0. The van der Waals surface area contributed by atoms with Crippen molar-refractivity contribution in [3.63, 3.8) is 0 Å². The van der Waals surface area contributed by atoms with E-state index in [0.717, 1.165) is 41.8 Å². The van der Waals surface area contributed by atoms with Gasteiger partial charge in [0.25, 0.3) is 5.91 Å². The van der Waals surface area contributed by atoms with E-state index in [9.17, 15) is 13.2 Å². The van der Waals surface area contributed by atoms with Gasteiger partial charge in [0.2, 0.25) is 0 Å². The summed E-state index contributed by atoms with van der Waals surface area (Å²) < 4.78 is 25.4. The first kappa shape index (κ1) is 16.3. The number of sulfone groups is 1. The first-order valence-corrected chi connectivity index (χ1v) is 10.4. The molecule has 6 nitrogen and oxygen atoms in total. The van der Waals surface area contributed by atoms with Crippen molar-refractivity contribution in [1.29, 1.82) is 0 Å². The zero-order chi connectivity index (χ0) is 17.6. The molecule has 1 aromatic heterocycles. The van der Waals surface area contributed by atoms with E-state index in [0.29, 0.717) is 12.1 Å². The van der Waals surface area contributed by atoms with E-state index in [2.05, 4.69) is 10.4 Å². The predicted molar refractivity (Wildman–Crippen MR) is 95.7 cm³/mol. The second-order valence-corrected chi connectivity index (χ2v) is 9.18. The normalized spacial score (nSPS) is 21.2. The molecule has 1 aliphatic carbocycles. The number of hydrogen-bond donors (Lipinski definition) is 1. The van der Waals surface area contributed by atoms with Gasteiger partial charge in [0.15, 0.2) is 9.84 Å². The van der Waals surface area contributed by atoms with E-state index >= 15 is 0 Å². The summed E-state index contributed by atoms with van der Waals surface area (Å²) in [5.41, 5.74) is 4.27. The molecule has 4 rings (SSSR count). The van der Waals surface area contributed by atoms with E-state index in [-0.39, 0.29) is 23.5 Å². The lowest BCUT2D eigenvalue weighted by atomic mass is 10.1. The number of rotatable bonds is 3. The topological polar surface area (TPSA) is 81.1 Å². The summed E-state index contributed by atoms with van der Waals surface area (Å²) in [5.74, 6) is 0.0323. The number of fused-ring (bicyclic) bond motifs is 1. The molecule has 1 saturated heterocycles. The molecule has 1 aromatic carbocycles. The minimum Gasteiger partial charge on any atom is -0.321 e. The Kier molecular flexibility index (Phi) is 3.91. The van der Waals surface area contributed by atoms with Crippen molar-refractivity contribution in [3.05, 3.63) is 46.8 Å². The number of hydrogen-bond acceptors (Lipinski definition) is 4. The third kappa shape index (κ3) is 3.08. The Morgan fingerprint density at radius 3 is 2.88 bits per heavy atom. The molecule has 1 amide bonds. The SMILES string of the molecule is Cc1cccc(NC(=O)c2c3c(nn2C2CCS(=O)(=O)C2)CCC3)c1. The lowest BCUT2D eigenvalue weighted by Gasteiger charge is -2.15. The molecule has 0 saturated carbocycles. The molecule has 2 aromatic rings. The van der Waals surface area contributed by atoms with Crippen molar-refractivity contribution < 1.29 is 13.2 Å². The van der Waals surface area contributed by atoms with E-state index < -0.39 is 9.84 Å². The number of carbonyl (C=O) groups is 1. The van der Waals surface area contributed by atoms with Gasteiger partial charge in [-0.25, -0.2) is 8.42 Å². The third-order valence-corrected chi connectivity index (χ3v) is 6.73. The molecule has 25 heavy (non-hydrogen) atoms. The molecule has 0 bridgehead atoms. The number of nitrogens with zero attached hydrogens (tertiary/aromatic N) is 2. The fourth-order valence-corrected chi connectivity index (χ4v) is 5.49. The maximum Gasteiger partial charge on any atom is 0.274 e. The third-order valence-electron chi connectivity index (χ3n) is 4.98. The largest absolute Gasteiger partial charge is 0.321 e. The van der Waals surface area contributed by atoms with Crippen molar-refractivity contribution in [1.82, 2.24) is 9.78 Å². The molecule has 1 N–H and O–H groups in total. The van der Waals surface area contributed by atoms with Crippen LogP contribution in [0.4, 0.5) is 5.69 Å². The molecule has 1 aliphatic heterocycles. The Morgan fingerprint density at radius 1 is 1.32 bits per heavy atom. The fraction of sp³-hybridized carbons (Fsp3) is 0.444. The number of aromatic nitrogens is 2. The molecular formula is C18H21N3O3S. The van der Waals surface area contributed by atoms with Crippen LogP contribution >= 0.6 is 0 Å². The van der Waals surface area contributed by atoms with Gasteiger partial charge in [0.1, 0.15) is 5.69 Å². The highest BCUT2D eigenvalue weighted by Gasteiger charge is 2.35. The lowest BCUT2D eigenvalue weighted by molar-refractivity contribution is 0.101. The smallest absolute Gasteiger partial charge is 0.274 e. The summed E-state index contributed by atoms with van der Waals surface area (Å²) in [4.78, 5) is 13.0. The Morgan fingerprint density at radius 2 is 2.16 bits per heavy atom. The number of carbonyl (C=O) groups excluding carboxylic acids is 1. The van der Waals surface area contributed by atoms with Crippen LogP contribution in [-0.4, -0.2) is 35.6 Å². The fourth-order valence-electron chi connectivity index (χ4n) is 3.80. The molecule has 7 heteroatoms. The quantitative estimate of drug-likeness (QED) is 0.912. The molecule has 2 aliphatic rings. The standard InChI is InChI=1S/C18H21N3O3S/c1-12-4-2-5-13(10-12)19-18(22)17-15-6-3-7-16(15)20-21(17)14-8-9-25(23,24)11-14/h2,4-5,10,14H,3,6-9,11H2,1H3,(H,19,22). The Balaban J connectivity index is 1.69. The summed E-state index contributed by atoms with van der Waals surface area (Å²) in [5, 5.41) is 7.56. The maximum absolute atomic E-state index is 13.0. The number of aryl methyl sites for hydroxylation is 2. The van der Waals surface area contributed by atoms with E-state index in [1.54, 1.807) is 4.68 Å².